The van der Waals surface area contributed by atoms with Crippen molar-refractivity contribution >= 4 is 44.5 Å². The minimum Gasteiger partial charge on any atom is -0.505 e. The molecular formula is C24H30BrN3O5. The van der Waals surface area contributed by atoms with Crippen molar-refractivity contribution in [2.45, 2.75) is 65.0 Å². The first-order valence-corrected chi connectivity index (χ1v) is 12.1. The molecule has 1 atom stereocenters. The van der Waals surface area contributed by atoms with E-state index in [4.69, 9.17) is 4.74 Å². The first-order chi connectivity index (χ1) is 15.5. The molecule has 2 amide bonds. The van der Waals surface area contributed by atoms with Crippen molar-refractivity contribution in [2.24, 2.45) is 5.92 Å². The van der Waals surface area contributed by atoms with Crippen LogP contribution in [0.2, 0.25) is 0 Å². The number of anilines is 1. The van der Waals surface area contributed by atoms with E-state index in [1.165, 1.54) is 4.90 Å². The molecule has 0 unspecified atom stereocenters. The number of nitrogens with one attached hydrogen (secondary N) is 1. The first-order valence-electron chi connectivity index (χ1n) is 11.3. The highest BCUT2D eigenvalue weighted by atomic mass is 79.9. The van der Waals surface area contributed by atoms with Crippen molar-refractivity contribution in [1.29, 1.82) is 0 Å². The minimum atomic E-state index is -0.621. The zero-order chi connectivity index (χ0) is 24.1. The monoisotopic (exact) mass is 519 g/mol. The highest BCUT2D eigenvalue weighted by Crippen LogP contribution is 2.41. The number of rotatable bonds is 3. The summed E-state index contributed by atoms with van der Waals surface area (Å²) in [5.41, 5.74) is 0.419. The van der Waals surface area contributed by atoms with Crippen LogP contribution in [0.1, 0.15) is 58.1 Å². The quantitative estimate of drug-likeness (QED) is 0.611. The number of aryl methyl sites for hydroxylation is 1. The van der Waals surface area contributed by atoms with Crippen LogP contribution >= 0.6 is 15.9 Å². The van der Waals surface area contributed by atoms with Crippen molar-refractivity contribution in [1.82, 2.24) is 9.47 Å². The Morgan fingerprint density at radius 2 is 1.91 bits per heavy atom. The average Bonchev–Trinajstić information content (AvgIpc) is 3.58. The van der Waals surface area contributed by atoms with Crippen LogP contribution in [-0.4, -0.2) is 45.3 Å². The Morgan fingerprint density at radius 3 is 2.55 bits per heavy atom. The highest BCUT2D eigenvalue weighted by Gasteiger charge is 2.34. The number of nitrogens with zero attached hydrogens (tertiary/aromatic N) is 2. The molecule has 8 nitrogen and oxygen atoms in total. The van der Waals surface area contributed by atoms with Crippen LogP contribution in [-0.2, 0) is 9.53 Å². The minimum absolute atomic E-state index is 0.0570. The van der Waals surface area contributed by atoms with Crippen molar-refractivity contribution in [3.05, 3.63) is 32.5 Å². The molecule has 9 heteroatoms. The molecule has 0 bridgehead atoms. The summed E-state index contributed by atoms with van der Waals surface area (Å²) in [4.78, 5) is 40.5. The first kappa shape index (κ1) is 23.6. The number of amides is 2. The van der Waals surface area contributed by atoms with Gasteiger partial charge in [-0.25, -0.2) is 4.79 Å². The molecule has 0 radical (unpaired) electrons. The van der Waals surface area contributed by atoms with Gasteiger partial charge in [0.2, 0.25) is 5.91 Å². The number of benzene rings is 1. The maximum Gasteiger partial charge on any atom is 0.410 e. The largest absolute Gasteiger partial charge is 0.505 e. The normalized spacial score (nSPS) is 18.9. The van der Waals surface area contributed by atoms with Gasteiger partial charge in [-0.2, -0.15) is 0 Å². The Labute approximate surface area is 201 Å². The predicted molar refractivity (Wildman–Crippen MR) is 130 cm³/mol. The Morgan fingerprint density at radius 1 is 1.21 bits per heavy atom. The third-order valence-corrected chi connectivity index (χ3v) is 6.99. The van der Waals surface area contributed by atoms with Crippen LogP contribution < -0.4 is 10.9 Å². The van der Waals surface area contributed by atoms with E-state index in [1.807, 2.05) is 13.0 Å². The molecule has 2 aliphatic rings. The van der Waals surface area contributed by atoms with Gasteiger partial charge in [0.1, 0.15) is 5.60 Å². The van der Waals surface area contributed by atoms with Gasteiger partial charge in [-0.15, -0.1) is 0 Å². The van der Waals surface area contributed by atoms with Crippen molar-refractivity contribution in [2.75, 3.05) is 18.4 Å². The number of ether oxygens (including phenoxy) is 1. The summed E-state index contributed by atoms with van der Waals surface area (Å²) in [6.07, 6.45) is 2.55. The summed E-state index contributed by atoms with van der Waals surface area (Å²) in [5.74, 6) is -1.11. The van der Waals surface area contributed by atoms with Crippen molar-refractivity contribution < 1.29 is 19.4 Å². The number of halogens is 1. The van der Waals surface area contributed by atoms with E-state index < -0.39 is 23.2 Å². The van der Waals surface area contributed by atoms with Gasteiger partial charge in [-0.05, 0) is 71.1 Å². The van der Waals surface area contributed by atoms with E-state index in [9.17, 15) is 19.5 Å². The third-order valence-electron chi connectivity index (χ3n) is 6.13. The topological polar surface area (TPSA) is 101 Å². The molecule has 1 saturated carbocycles. The van der Waals surface area contributed by atoms with Crippen LogP contribution in [0.3, 0.4) is 0 Å². The molecular weight excluding hydrogens is 490 g/mol. The van der Waals surface area contributed by atoms with Gasteiger partial charge in [0.15, 0.2) is 11.4 Å². The van der Waals surface area contributed by atoms with Crippen LogP contribution in [0.5, 0.6) is 5.75 Å². The number of hydrogen-bond acceptors (Lipinski definition) is 5. The molecule has 4 rings (SSSR count). The number of likely N-dealkylation sites (tertiary alicyclic amines) is 1. The van der Waals surface area contributed by atoms with E-state index in [1.54, 1.807) is 31.4 Å². The molecule has 1 aromatic heterocycles. The van der Waals surface area contributed by atoms with Gasteiger partial charge in [-0.1, -0.05) is 15.9 Å². The van der Waals surface area contributed by atoms with E-state index in [2.05, 4.69) is 21.2 Å². The highest BCUT2D eigenvalue weighted by molar-refractivity contribution is 9.10. The third kappa shape index (κ3) is 4.74. The van der Waals surface area contributed by atoms with Gasteiger partial charge in [-0.3, -0.25) is 9.59 Å². The van der Waals surface area contributed by atoms with Crippen LogP contribution in [0.15, 0.2) is 21.4 Å². The van der Waals surface area contributed by atoms with Crippen molar-refractivity contribution in [3.8, 4) is 5.75 Å². The second kappa shape index (κ2) is 8.66. The molecule has 1 aliphatic carbocycles. The standard InChI is InChI=1S/C24H30BrN3O5/c1-13-17(25)10-9-16-19(13)28(15-7-8-15)22(31)18(20(16)29)26-21(30)14-6-5-11-27(12-14)23(32)33-24(2,3)4/h9-10,14-15,29H,5-8,11-12H2,1-4H3,(H,26,30)/t14-/m1/s1. The molecule has 1 aromatic carbocycles. The van der Waals surface area contributed by atoms with Gasteiger partial charge >= 0.3 is 6.09 Å². The number of pyridine rings is 1. The summed E-state index contributed by atoms with van der Waals surface area (Å²) in [6.45, 7) is 8.02. The fourth-order valence-electron chi connectivity index (χ4n) is 4.34. The maximum atomic E-state index is 13.4. The number of carbonyl (C=O) groups excluding carboxylic acids is 2. The Bertz CT molecular complexity index is 1180. The van der Waals surface area contributed by atoms with E-state index in [0.717, 1.165) is 22.9 Å². The van der Waals surface area contributed by atoms with E-state index >= 15 is 0 Å². The number of carbonyl (C=O) groups is 2. The molecule has 2 fully saturated rings. The fraction of sp³-hybridized carbons (Fsp3) is 0.542. The van der Waals surface area contributed by atoms with Crippen LogP contribution in [0, 0.1) is 12.8 Å². The molecule has 1 saturated heterocycles. The van der Waals surface area contributed by atoms with Crippen molar-refractivity contribution in [3.63, 3.8) is 0 Å². The zero-order valence-electron chi connectivity index (χ0n) is 19.4. The summed E-state index contributed by atoms with van der Waals surface area (Å²) in [5, 5.41) is 14.2. The average molecular weight is 520 g/mol. The predicted octanol–water partition coefficient (Wildman–Crippen LogP) is 4.70. The van der Waals surface area contributed by atoms with Gasteiger partial charge in [0, 0.05) is 29.0 Å². The van der Waals surface area contributed by atoms with Gasteiger partial charge < -0.3 is 24.6 Å². The second-order valence-electron chi connectivity index (χ2n) is 9.95. The number of aromatic nitrogens is 1. The lowest BCUT2D eigenvalue weighted by Crippen LogP contribution is -2.46. The lowest BCUT2D eigenvalue weighted by Gasteiger charge is -2.33. The lowest BCUT2D eigenvalue weighted by atomic mass is 9.97. The number of hydrogen-bond donors (Lipinski definition) is 2. The van der Waals surface area contributed by atoms with Gasteiger partial charge in [0.25, 0.3) is 5.56 Å². The SMILES string of the molecule is Cc1c(Br)ccc2c(O)c(NC(=O)[C@@H]3CCCN(C(=O)OC(C)(C)C)C3)c(=O)n(C3CC3)c12. The molecule has 2 heterocycles. The van der Waals surface area contributed by atoms with Gasteiger partial charge in [0.05, 0.1) is 11.4 Å². The molecule has 2 aromatic rings. The summed E-state index contributed by atoms with van der Waals surface area (Å²) in [7, 11) is 0. The molecule has 1 aliphatic heterocycles. The van der Waals surface area contributed by atoms with E-state index in [0.29, 0.717) is 30.3 Å². The van der Waals surface area contributed by atoms with Crippen LogP contribution in [0.25, 0.3) is 10.9 Å². The number of piperidine rings is 1. The molecule has 0 spiro atoms. The lowest BCUT2D eigenvalue weighted by molar-refractivity contribution is -0.121. The van der Waals surface area contributed by atoms with E-state index in [-0.39, 0.29) is 29.9 Å². The molecule has 33 heavy (non-hydrogen) atoms. The summed E-state index contributed by atoms with van der Waals surface area (Å²) < 4.78 is 7.98. The van der Waals surface area contributed by atoms with Crippen LogP contribution in [0.4, 0.5) is 10.5 Å². The Balaban J connectivity index is 1.63. The Hall–Kier alpha value is -2.55. The second-order valence-corrected chi connectivity index (χ2v) is 10.8. The fourth-order valence-corrected chi connectivity index (χ4v) is 4.66. The number of aromatic hydroxyl groups is 1. The number of fused-ring (bicyclic) bond motifs is 1. The summed E-state index contributed by atoms with van der Waals surface area (Å²) >= 11 is 3.51. The Kier molecular flexibility index (Phi) is 6.20. The molecule has 178 valence electrons. The smallest absolute Gasteiger partial charge is 0.410 e. The summed E-state index contributed by atoms with van der Waals surface area (Å²) in [6, 6.07) is 3.63. The molecule has 2 N–H and O–H groups in total. The zero-order valence-corrected chi connectivity index (χ0v) is 21.0. The maximum absolute atomic E-state index is 13.4.